The van der Waals surface area contributed by atoms with Gasteiger partial charge in [0.15, 0.2) is 5.41 Å². The van der Waals surface area contributed by atoms with Gasteiger partial charge in [0.1, 0.15) is 0 Å². The number of carboxylic acid groups (broad SMARTS) is 1. The molecule has 0 aromatic carbocycles. The van der Waals surface area contributed by atoms with E-state index >= 15 is 0 Å². The van der Waals surface area contributed by atoms with Crippen LogP contribution in [0.2, 0.25) is 0 Å². The molecule has 0 spiro atoms. The molecule has 0 heterocycles. The lowest BCUT2D eigenvalue weighted by atomic mass is 9.64. The van der Waals surface area contributed by atoms with Crippen LogP contribution in [0.1, 0.15) is 97.3 Å². The summed E-state index contributed by atoms with van der Waals surface area (Å²) in [5.74, 6) is -1.53. The SMILES string of the molecule is CCCCCCCCOC(=O)C1(C(=O)O)CCCCC1CCCC. The van der Waals surface area contributed by atoms with E-state index < -0.39 is 17.4 Å². The summed E-state index contributed by atoms with van der Waals surface area (Å²) in [4.78, 5) is 24.7. The van der Waals surface area contributed by atoms with E-state index in [4.69, 9.17) is 4.74 Å². The Morgan fingerprint density at radius 2 is 1.67 bits per heavy atom. The van der Waals surface area contributed by atoms with Crippen molar-refractivity contribution in [2.24, 2.45) is 11.3 Å². The quantitative estimate of drug-likeness (QED) is 0.296. The van der Waals surface area contributed by atoms with Crippen molar-refractivity contribution in [1.82, 2.24) is 0 Å². The van der Waals surface area contributed by atoms with Crippen LogP contribution in [-0.2, 0) is 14.3 Å². The first-order valence-electron chi connectivity index (χ1n) is 10.00. The predicted octanol–water partition coefficient (Wildman–Crippen LogP) is 5.34. The molecule has 1 aliphatic rings. The number of ether oxygens (including phenoxy) is 1. The smallest absolute Gasteiger partial charge is 0.323 e. The molecule has 2 atom stereocenters. The molecular weight excluding hydrogens is 304 g/mol. The van der Waals surface area contributed by atoms with E-state index in [9.17, 15) is 14.7 Å². The molecule has 0 bridgehead atoms. The molecule has 4 heteroatoms. The van der Waals surface area contributed by atoms with E-state index in [1.54, 1.807) is 0 Å². The highest BCUT2D eigenvalue weighted by molar-refractivity contribution is 5.99. The molecule has 1 aliphatic carbocycles. The van der Waals surface area contributed by atoms with Gasteiger partial charge in [0.2, 0.25) is 0 Å². The number of carboxylic acids is 1. The van der Waals surface area contributed by atoms with Crippen molar-refractivity contribution in [3.63, 3.8) is 0 Å². The van der Waals surface area contributed by atoms with Crippen LogP contribution < -0.4 is 0 Å². The van der Waals surface area contributed by atoms with Crippen LogP contribution in [0.5, 0.6) is 0 Å². The van der Waals surface area contributed by atoms with Crippen molar-refractivity contribution >= 4 is 11.9 Å². The first-order valence-corrected chi connectivity index (χ1v) is 10.00. The van der Waals surface area contributed by atoms with Crippen LogP contribution in [0.4, 0.5) is 0 Å². The zero-order valence-corrected chi connectivity index (χ0v) is 15.6. The number of rotatable bonds is 12. The van der Waals surface area contributed by atoms with Gasteiger partial charge < -0.3 is 9.84 Å². The van der Waals surface area contributed by atoms with Crippen molar-refractivity contribution in [1.29, 1.82) is 0 Å². The fraction of sp³-hybridized carbons (Fsp3) is 0.900. The summed E-state index contributed by atoms with van der Waals surface area (Å²) >= 11 is 0. The Bertz CT molecular complexity index is 380. The van der Waals surface area contributed by atoms with E-state index in [2.05, 4.69) is 13.8 Å². The normalized spacial score (nSPS) is 23.8. The zero-order chi connectivity index (χ0) is 17.8. The molecule has 24 heavy (non-hydrogen) atoms. The van der Waals surface area contributed by atoms with Crippen LogP contribution in [0.3, 0.4) is 0 Å². The third kappa shape index (κ3) is 5.78. The lowest BCUT2D eigenvalue weighted by molar-refractivity contribution is -0.177. The number of aliphatic carboxylic acids is 1. The van der Waals surface area contributed by atoms with Crippen LogP contribution in [-0.4, -0.2) is 23.7 Å². The summed E-state index contributed by atoms with van der Waals surface area (Å²) in [6.45, 7) is 4.65. The van der Waals surface area contributed by atoms with Gasteiger partial charge in [-0.1, -0.05) is 71.6 Å². The average Bonchev–Trinajstić information content (AvgIpc) is 2.58. The number of hydrogen-bond donors (Lipinski definition) is 1. The molecular formula is C20H36O4. The number of carbonyl (C=O) groups excluding carboxylic acids is 1. The summed E-state index contributed by atoms with van der Waals surface area (Å²) in [5, 5.41) is 9.83. The van der Waals surface area contributed by atoms with Gasteiger partial charge in [-0.05, 0) is 31.6 Å². The van der Waals surface area contributed by atoms with Gasteiger partial charge in [-0.3, -0.25) is 9.59 Å². The first-order chi connectivity index (χ1) is 11.6. The molecule has 1 N–H and O–H groups in total. The van der Waals surface area contributed by atoms with Gasteiger partial charge in [-0.2, -0.15) is 0 Å². The van der Waals surface area contributed by atoms with Gasteiger partial charge in [0, 0.05) is 0 Å². The molecule has 140 valence electrons. The van der Waals surface area contributed by atoms with E-state index in [0.29, 0.717) is 13.0 Å². The monoisotopic (exact) mass is 340 g/mol. The molecule has 0 aromatic heterocycles. The Hall–Kier alpha value is -1.06. The maximum atomic E-state index is 12.7. The summed E-state index contributed by atoms with van der Waals surface area (Å²) < 4.78 is 5.44. The number of hydrogen-bond acceptors (Lipinski definition) is 3. The molecule has 0 radical (unpaired) electrons. The van der Waals surface area contributed by atoms with Crippen molar-refractivity contribution < 1.29 is 19.4 Å². The average molecular weight is 341 g/mol. The van der Waals surface area contributed by atoms with E-state index in [-0.39, 0.29) is 5.92 Å². The lowest BCUT2D eigenvalue weighted by Gasteiger charge is -2.38. The number of unbranched alkanes of at least 4 members (excludes halogenated alkanes) is 6. The van der Waals surface area contributed by atoms with Gasteiger partial charge in [0.25, 0.3) is 0 Å². The summed E-state index contributed by atoms with van der Waals surface area (Å²) in [6.07, 6.45) is 12.7. The van der Waals surface area contributed by atoms with Crippen molar-refractivity contribution in [2.75, 3.05) is 6.61 Å². The van der Waals surface area contributed by atoms with E-state index in [1.165, 1.54) is 19.3 Å². The molecule has 1 saturated carbocycles. The number of carbonyl (C=O) groups is 2. The minimum Gasteiger partial charge on any atom is -0.480 e. The Morgan fingerprint density at radius 3 is 2.33 bits per heavy atom. The standard InChI is InChI=1S/C20H36O4/c1-3-5-7-8-9-12-16-24-19(23)20(18(21)22)15-11-10-14-17(20)13-6-4-2/h17H,3-16H2,1-2H3,(H,21,22). The highest BCUT2D eigenvalue weighted by Crippen LogP contribution is 2.45. The van der Waals surface area contributed by atoms with Gasteiger partial charge >= 0.3 is 11.9 Å². The maximum absolute atomic E-state index is 12.7. The van der Waals surface area contributed by atoms with Gasteiger partial charge in [-0.25, -0.2) is 0 Å². The van der Waals surface area contributed by atoms with Gasteiger partial charge in [0.05, 0.1) is 6.61 Å². The lowest BCUT2D eigenvalue weighted by Crippen LogP contribution is -2.48. The minimum absolute atomic E-state index is 0.0687. The Morgan fingerprint density at radius 1 is 1.00 bits per heavy atom. The third-order valence-electron chi connectivity index (χ3n) is 5.45. The topological polar surface area (TPSA) is 63.6 Å². The van der Waals surface area contributed by atoms with Crippen LogP contribution >= 0.6 is 0 Å². The van der Waals surface area contributed by atoms with E-state index in [0.717, 1.165) is 57.8 Å². The predicted molar refractivity (Wildman–Crippen MR) is 95.9 cm³/mol. The molecule has 0 aromatic rings. The second kappa shape index (κ2) is 11.5. The summed E-state index contributed by atoms with van der Waals surface area (Å²) in [7, 11) is 0. The van der Waals surface area contributed by atoms with Crippen LogP contribution in [0.15, 0.2) is 0 Å². The second-order valence-electron chi connectivity index (χ2n) is 7.27. The molecule has 4 nitrogen and oxygen atoms in total. The maximum Gasteiger partial charge on any atom is 0.323 e. The van der Waals surface area contributed by atoms with Crippen LogP contribution in [0, 0.1) is 11.3 Å². The first kappa shape index (κ1) is 21.0. The second-order valence-corrected chi connectivity index (χ2v) is 7.27. The minimum atomic E-state index is -1.30. The van der Waals surface area contributed by atoms with Crippen molar-refractivity contribution in [2.45, 2.75) is 97.3 Å². The Labute approximate surface area is 147 Å². The molecule has 2 unspecified atom stereocenters. The zero-order valence-electron chi connectivity index (χ0n) is 15.6. The van der Waals surface area contributed by atoms with Crippen molar-refractivity contribution in [3.05, 3.63) is 0 Å². The molecule has 1 fully saturated rings. The summed E-state index contributed by atoms with van der Waals surface area (Å²) in [5.41, 5.74) is -1.30. The largest absolute Gasteiger partial charge is 0.480 e. The Kier molecular flexibility index (Phi) is 10.0. The molecule has 0 amide bonds. The molecule has 0 saturated heterocycles. The highest BCUT2D eigenvalue weighted by Gasteiger charge is 2.54. The Balaban J connectivity index is 2.54. The van der Waals surface area contributed by atoms with Crippen LogP contribution in [0.25, 0.3) is 0 Å². The van der Waals surface area contributed by atoms with Crippen molar-refractivity contribution in [3.8, 4) is 0 Å². The fourth-order valence-corrected chi connectivity index (χ4v) is 3.90. The number of esters is 1. The molecule has 1 rings (SSSR count). The van der Waals surface area contributed by atoms with E-state index in [1.807, 2.05) is 0 Å². The fourth-order valence-electron chi connectivity index (χ4n) is 3.90. The highest BCUT2D eigenvalue weighted by atomic mass is 16.5. The third-order valence-corrected chi connectivity index (χ3v) is 5.45. The molecule has 0 aliphatic heterocycles. The summed E-state index contributed by atoms with van der Waals surface area (Å²) in [6, 6.07) is 0. The van der Waals surface area contributed by atoms with Gasteiger partial charge in [-0.15, -0.1) is 0 Å².